The number of carboxylic acids is 1. The highest BCUT2D eigenvalue weighted by atomic mass is 19.4. The van der Waals surface area contributed by atoms with Gasteiger partial charge in [0.1, 0.15) is 5.56 Å². The molecular formula is C14H10F3NO4. The summed E-state index contributed by atoms with van der Waals surface area (Å²) in [4.78, 5) is 25.1. The van der Waals surface area contributed by atoms with Crippen LogP contribution in [0.3, 0.4) is 0 Å². The number of H-pyrrole nitrogens is 1. The molecule has 2 aromatic rings. The summed E-state index contributed by atoms with van der Waals surface area (Å²) in [6.45, 7) is -0.582. The van der Waals surface area contributed by atoms with E-state index in [1.165, 1.54) is 6.07 Å². The Morgan fingerprint density at radius 3 is 2.45 bits per heavy atom. The van der Waals surface area contributed by atoms with Gasteiger partial charge in [0, 0.05) is 11.3 Å². The first-order chi connectivity index (χ1) is 10.2. The molecular weight excluding hydrogens is 303 g/mol. The van der Waals surface area contributed by atoms with E-state index in [1.807, 2.05) is 0 Å². The minimum Gasteiger partial charge on any atom is -0.477 e. The number of carbonyl (C=O) groups is 1. The maximum absolute atomic E-state index is 12.7. The van der Waals surface area contributed by atoms with Gasteiger partial charge in [0.05, 0.1) is 12.2 Å². The molecule has 0 atom stereocenters. The number of rotatable bonds is 3. The van der Waals surface area contributed by atoms with Crippen LogP contribution in [-0.4, -0.2) is 21.2 Å². The molecule has 2 rings (SSSR count). The first kappa shape index (κ1) is 15.8. The van der Waals surface area contributed by atoms with E-state index in [9.17, 15) is 22.8 Å². The van der Waals surface area contributed by atoms with Crippen molar-refractivity contribution in [2.75, 3.05) is 0 Å². The molecule has 0 radical (unpaired) electrons. The van der Waals surface area contributed by atoms with Gasteiger partial charge in [-0.2, -0.15) is 13.2 Å². The van der Waals surface area contributed by atoms with Crippen LogP contribution >= 0.6 is 0 Å². The van der Waals surface area contributed by atoms with Gasteiger partial charge in [-0.1, -0.05) is 12.1 Å². The summed E-state index contributed by atoms with van der Waals surface area (Å²) < 4.78 is 38.2. The number of aromatic nitrogens is 1. The SMILES string of the molecule is O=C(O)c1c(-c2cccc(C(F)(F)F)c2)cc(CO)[nH]c1=O. The number of carboxylic acid groups (broad SMARTS) is 1. The average molecular weight is 313 g/mol. The monoisotopic (exact) mass is 313 g/mol. The lowest BCUT2D eigenvalue weighted by atomic mass is 9.98. The molecule has 0 aliphatic heterocycles. The zero-order chi connectivity index (χ0) is 16.5. The third kappa shape index (κ3) is 3.01. The highest BCUT2D eigenvalue weighted by Gasteiger charge is 2.31. The summed E-state index contributed by atoms with van der Waals surface area (Å²) in [5.74, 6) is -1.57. The Morgan fingerprint density at radius 2 is 1.91 bits per heavy atom. The molecule has 0 aliphatic rings. The number of aromatic amines is 1. The van der Waals surface area contributed by atoms with Crippen molar-refractivity contribution in [1.82, 2.24) is 4.98 Å². The fourth-order valence-corrected chi connectivity index (χ4v) is 2.00. The van der Waals surface area contributed by atoms with E-state index >= 15 is 0 Å². The second-order valence-electron chi connectivity index (χ2n) is 4.45. The molecule has 0 aliphatic carbocycles. The third-order valence-electron chi connectivity index (χ3n) is 2.97. The zero-order valence-corrected chi connectivity index (χ0v) is 10.9. The standard InChI is InChI=1S/C14H10F3NO4/c15-14(16,17)8-3-1-2-7(4-8)10-5-9(6-19)18-12(20)11(10)13(21)22/h1-5,19H,6H2,(H,18,20)(H,21,22). The van der Waals surface area contributed by atoms with Gasteiger partial charge in [-0.05, 0) is 23.8 Å². The van der Waals surface area contributed by atoms with Crippen LogP contribution in [0.2, 0.25) is 0 Å². The van der Waals surface area contributed by atoms with Crippen molar-refractivity contribution in [2.45, 2.75) is 12.8 Å². The van der Waals surface area contributed by atoms with Crippen LogP contribution in [0.1, 0.15) is 21.6 Å². The van der Waals surface area contributed by atoms with E-state index in [-0.39, 0.29) is 16.8 Å². The van der Waals surface area contributed by atoms with Gasteiger partial charge in [-0.25, -0.2) is 4.79 Å². The third-order valence-corrected chi connectivity index (χ3v) is 2.97. The van der Waals surface area contributed by atoms with Crippen LogP contribution in [0.15, 0.2) is 35.1 Å². The van der Waals surface area contributed by atoms with Crippen LogP contribution in [-0.2, 0) is 12.8 Å². The summed E-state index contributed by atoms with van der Waals surface area (Å²) in [6, 6.07) is 5.11. The topological polar surface area (TPSA) is 90.4 Å². The number of hydrogen-bond donors (Lipinski definition) is 3. The number of aliphatic hydroxyl groups excluding tert-OH is 1. The van der Waals surface area contributed by atoms with Crippen molar-refractivity contribution in [3.8, 4) is 11.1 Å². The molecule has 0 unspecified atom stereocenters. The lowest BCUT2D eigenvalue weighted by molar-refractivity contribution is -0.137. The van der Waals surface area contributed by atoms with Gasteiger partial charge in [-0.3, -0.25) is 4.79 Å². The first-order valence-corrected chi connectivity index (χ1v) is 6.02. The van der Waals surface area contributed by atoms with E-state index in [4.69, 9.17) is 10.2 Å². The van der Waals surface area contributed by atoms with E-state index < -0.39 is 35.4 Å². The second kappa shape index (κ2) is 5.64. The number of nitrogens with one attached hydrogen (secondary N) is 1. The number of pyridine rings is 1. The minimum absolute atomic E-state index is 0.00223. The molecule has 1 heterocycles. The first-order valence-electron chi connectivity index (χ1n) is 6.02. The smallest absolute Gasteiger partial charge is 0.416 e. The van der Waals surface area contributed by atoms with E-state index in [2.05, 4.69) is 4.98 Å². The molecule has 0 saturated carbocycles. The Balaban J connectivity index is 2.74. The number of benzene rings is 1. The fourth-order valence-electron chi connectivity index (χ4n) is 2.00. The molecule has 0 bridgehead atoms. The van der Waals surface area contributed by atoms with Crippen LogP contribution in [0.25, 0.3) is 11.1 Å². The normalized spacial score (nSPS) is 11.5. The molecule has 0 saturated heterocycles. The van der Waals surface area contributed by atoms with Crippen LogP contribution in [0, 0.1) is 0 Å². The molecule has 0 amide bonds. The number of aliphatic hydroxyl groups is 1. The molecule has 5 nitrogen and oxygen atoms in total. The Hall–Kier alpha value is -2.61. The molecule has 1 aromatic heterocycles. The number of halogens is 3. The van der Waals surface area contributed by atoms with Crippen molar-refractivity contribution in [1.29, 1.82) is 0 Å². The number of alkyl halides is 3. The molecule has 0 fully saturated rings. The van der Waals surface area contributed by atoms with Crippen molar-refractivity contribution >= 4 is 5.97 Å². The lowest BCUT2D eigenvalue weighted by Crippen LogP contribution is -2.20. The van der Waals surface area contributed by atoms with E-state index in [1.54, 1.807) is 0 Å². The average Bonchev–Trinajstić information content (AvgIpc) is 2.45. The van der Waals surface area contributed by atoms with Crippen molar-refractivity contribution in [2.24, 2.45) is 0 Å². The van der Waals surface area contributed by atoms with E-state index in [0.29, 0.717) is 0 Å². The maximum Gasteiger partial charge on any atom is 0.416 e. The summed E-state index contributed by atoms with van der Waals surface area (Å²) in [5.41, 5.74) is -2.91. The zero-order valence-electron chi connectivity index (χ0n) is 10.9. The van der Waals surface area contributed by atoms with Crippen LogP contribution < -0.4 is 5.56 Å². The Bertz CT molecular complexity index is 780. The highest BCUT2D eigenvalue weighted by Crippen LogP contribution is 2.32. The quantitative estimate of drug-likeness (QED) is 0.810. The highest BCUT2D eigenvalue weighted by molar-refractivity contribution is 5.95. The summed E-state index contributed by atoms with van der Waals surface area (Å²) in [5, 5.41) is 18.1. The van der Waals surface area contributed by atoms with Gasteiger partial charge in [-0.15, -0.1) is 0 Å². The summed E-state index contributed by atoms with van der Waals surface area (Å²) >= 11 is 0. The molecule has 3 N–H and O–H groups in total. The second-order valence-corrected chi connectivity index (χ2v) is 4.45. The molecule has 116 valence electrons. The van der Waals surface area contributed by atoms with Crippen LogP contribution in [0.4, 0.5) is 13.2 Å². The van der Waals surface area contributed by atoms with Crippen molar-refractivity contribution in [3.63, 3.8) is 0 Å². The van der Waals surface area contributed by atoms with Crippen molar-refractivity contribution in [3.05, 3.63) is 57.5 Å². The summed E-state index contributed by atoms with van der Waals surface area (Å²) in [7, 11) is 0. The fraction of sp³-hybridized carbons (Fsp3) is 0.143. The van der Waals surface area contributed by atoms with Gasteiger partial charge in [0.25, 0.3) is 5.56 Å². The Labute approximate surface area is 121 Å². The number of aromatic carboxylic acids is 1. The van der Waals surface area contributed by atoms with Gasteiger partial charge in [0.2, 0.25) is 0 Å². The number of hydrogen-bond acceptors (Lipinski definition) is 3. The molecule has 22 heavy (non-hydrogen) atoms. The maximum atomic E-state index is 12.7. The predicted octanol–water partition coefficient (Wildman–Crippen LogP) is 2.25. The predicted molar refractivity (Wildman–Crippen MR) is 70.4 cm³/mol. The van der Waals surface area contributed by atoms with Gasteiger partial charge >= 0.3 is 12.1 Å². The van der Waals surface area contributed by atoms with E-state index in [0.717, 1.165) is 24.3 Å². The van der Waals surface area contributed by atoms with Gasteiger partial charge < -0.3 is 15.2 Å². The Kier molecular flexibility index (Phi) is 4.05. The van der Waals surface area contributed by atoms with Crippen molar-refractivity contribution < 1.29 is 28.2 Å². The molecule has 1 aromatic carbocycles. The lowest BCUT2D eigenvalue weighted by Gasteiger charge is -2.11. The summed E-state index contributed by atoms with van der Waals surface area (Å²) in [6.07, 6.45) is -4.60. The molecule has 0 spiro atoms. The minimum atomic E-state index is -4.60. The van der Waals surface area contributed by atoms with Crippen LogP contribution in [0.5, 0.6) is 0 Å². The Morgan fingerprint density at radius 1 is 1.23 bits per heavy atom. The molecule has 8 heteroatoms. The van der Waals surface area contributed by atoms with Gasteiger partial charge in [0.15, 0.2) is 0 Å². The largest absolute Gasteiger partial charge is 0.477 e.